The van der Waals surface area contributed by atoms with Gasteiger partial charge in [-0.15, -0.1) is 0 Å². The molecule has 3 heteroatoms. The molecule has 0 aliphatic heterocycles. The summed E-state index contributed by atoms with van der Waals surface area (Å²) in [7, 11) is 0. The van der Waals surface area contributed by atoms with Crippen LogP contribution < -0.4 is 11.5 Å². The minimum absolute atomic E-state index is 0.277. The molecule has 0 spiro atoms. The minimum Gasteiger partial charge on any atom is -0.386 e. The van der Waals surface area contributed by atoms with E-state index in [1.54, 1.807) is 0 Å². The first kappa shape index (κ1) is 23.3. The number of hydrogen-bond donors (Lipinski definition) is 2. The zero-order valence-corrected chi connectivity index (χ0v) is 19.7. The molecule has 2 aliphatic carbocycles. The highest BCUT2D eigenvalue weighted by Crippen LogP contribution is 2.42. The summed E-state index contributed by atoms with van der Waals surface area (Å²) in [4.78, 5) is 0. The first-order chi connectivity index (χ1) is 14.0. The summed E-state index contributed by atoms with van der Waals surface area (Å²) in [5.41, 5.74) is 25.2. The van der Waals surface area contributed by atoms with E-state index in [1.807, 2.05) is 19.1 Å². The van der Waals surface area contributed by atoms with Gasteiger partial charge in [0.05, 0.1) is 11.9 Å². The van der Waals surface area contributed by atoms with Crippen LogP contribution in [-0.2, 0) is 0 Å². The average Bonchev–Trinajstić information content (AvgIpc) is 3.09. The van der Waals surface area contributed by atoms with E-state index in [1.165, 1.54) is 50.2 Å². The Labute approximate surface area is 182 Å². The van der Waals surface area contributed by atoms with Gasteiger partial charge in [-0.05, 0) is 123 Å². The Morgan fingerprint density at radius 1 is 1.03 bits per heavy atom. The molecule has 2 aliphatic rings. The predicted molar refractivity (Wildman–Crippen MR) is 128 cm³/mol. The topological polar surface area (TPSA) is 75.8 Å². The van der Waals surface area contributed by atoms with Crippen molar-refractivity contribution < 1.29 is 0 Å². The van der Waals surface area contributed by atoms with Crippen LogP contribution in [-0.4, -0.2) is 0 Å². The second-order valence-corrected chi connectivity index (χ2v) is 8.62. The Morgan fingerprint density at radius 3 is 2.23 bits per heavy atom. The Balaban J connectivity index is 2.37. The quantitative estimate of drug-likeness (QED) is 0.412. The van der Waals surface area contributed by atoms with E-state index in [2.05, 4.69) is 66.7 Å². The largest absolute Gasteiger partial charge is 0.386 e. The second kappa shape index (κ2) is 9.22. The van der Waals surface area contributed by atoms with Gasteiger partial charge in [0.2, 0.25) is 0 Å². The smallest absolute Gasteiger partial charge is 0.0944 e. The third-order valence-corrected chi connectivity index (χ3v) is 6.38. The van der Waals surface area contributed by atoms with Crippen LogP contribution in [0.1, 0.15) is 61.8 Å². The molecule has 4 N–H and O–H groups in total. The second-order valence-electron chi connectivity index (χ2n) is 8.62. The zero-order valence-electron chi connectivity index (χ0n) is 19.7. The fourth-order valence-electron chi connectivity index (χ4n) is 4.56. The maximum atomic E-state index is 9.03. The van der Waals surface area contributed by atoms with Crippen molar-refractivity contribution in [2.45, 2.75) is 61.8 Å². The summed E-state index contributed by atoms with van der Waals surface area (Å²) in [5.74, 6) is 0.626. The minimum atomic E-state index is 0.277. The highest BCUT2D eigenvalue weighted by Gasteiger charge is 2.26. The third kappa shape index (κ3) is 4.76. The van der Waals surface area contributed by atoms with Crippen molar-refractivity contribution in [2.75, 3.05) is 0 Å². The Kier molecular flexibility index (Phi) is 7.16. The molecular weight excluding hydrogens is 366 g/mol. The summed E-state index contributed by atoms with van der Waals surface area (Å²) < 4.78 is 0. The van der Waals surface area contributed by atoms with Gasteiger partial charge in [0.25, 0.3) is 0 Å². The van der Waals surface area contributed by atoms with Gasteiger partial charge < -0.3 is 11.5 Å². The van der Waals surface area contributed by atoms with E-state index in [-0.39, 0.29) is 5.92 Å². The maximum Gasteiger partial charge on any atom is 0.0944 e. The van der Waals surface area contributed by atoms with Gasteiger partial charge in [-0.25, -0.2) is 0 Å². The molecule has 0 aromatic carbocycles. The number of nitriles is 1. The molecule has 0 heterocycles. The molecule has 30 heavy (non-hydrogen) atoms. The number of nitrogens with two attached hydrogens (primary N) is 2. The van der Waals surface area contributed by atoms with E-state index in [0.29, 0.717) is 5.82 Å². The predicted octanol–water partition coefficient (Wildman–Crippen LogP) is 6.43. The third-order valence-electron chi connectivity index (χ3n) is 6.38. The SMILES string of the molecule is CC1=C(/C(C)=C(\C)C2=C(C)C(C)=C(/C=C(C)/C=C(/C)C#N)C2)C(C)C(C=C(N)N)=C1. The number of hydrogen-bond acceptors (Lipinski definition) is 3. The first-order valence-electron chi connectivity index (χ1n) is 10.5. The van der Waals surface area contributed by atoms with Gasteiger partial charge in [-0.1, -0.05) is 19.1 Å². The molecule has 0 bridgehead atoms. The van der Waals surface area contributed by atoms with Crippen LogP contribution in [0.3, 0.4) is 0 Å². The molecule has 3 nitrogen and oxygen atoms in total. The lowest BCUT2D eigenvalue weighted by Gasteiger charge is -2.18. The van der Waals surface area contributed by atoms with Crippen molar-refractivity contribution in [2.24, 2.45) is 17.4 Å². The van der Waals surface area contributed by atoms with E-state index in [0.717, 1.165) is 17.6 Å². The van der Waals surface area contributed by atoms with Gasteiger partial charge in [-0.3, -0.25) is 0 Å². The molecule has 0 saturated carbocycles. The van der Waals surface area contributed by atoms with Crippen molar-refractivity contribution in [1.29, 1.82) is 5.26 Å². The number of allylic oxidation sites excluding steroid dienone is 15. The van der Waals surface area contributed by atoms with Gasteiger partial charge in [0.15, 0.2) is 0 Å². The molecule has 0 aromatic heterocycles. The number of nitrogens with zero attached hydrogens (tertiary/aromatic N) is 1. The van der Waals surface area contributed by atoms with Gasteiger partial charge in [-0.2, -0.15) is 5.26 Å². The van der Waals surface area contributed by atoms with E-state index < -0.39 is 0 Å². The summed E-state index contributed by atoms with van der Waals surface area (Å²) in [5, 5.41) is 9.03. The lowest BCUT2D eigenvalue weighted by atomic mass is 9.86. The molecule has 1 atom stereocenters. The molecule has 0 fully saturated rings. The van der Waals surface area contributed by atoms with Crippen LogP contribution in [0, 0.1) is 17.2 Å². The molecule has 0 saturated heterocycles. The molecule has 2 rings (SSSR count). The molecule has 0 aromatic rings. The van der Waals surface area contributed by atoms with Crippen LogP contribution in [0.15, 0.2) is 91.4 Å². The lowest BCUT2D eigenvalue weighted by molar-refractivity contribution is 0.839. The van der Waals surface area contributed by atoms with Gasteiger partial charge in [0, 0.05) is 11.5 Å². The van der Waals surface area contributed by atoms with Crippen molar-refractivity contribution in [3.8, 4) is 6.07 Å². The van der Waals surface area contributed by atoms with Crippen molar-refractivity contribution in [3.05, 3.63) is 91.4 Å². The van der Waals surface area contributed by atoms with Crippen molar-refractivity contribution >= 4 is 0 Å². The fraction of sp³-hybridized carbons (Fsp3) is 0.370. The van der Waals surface area contributed by atoms with Gasteiger partial charge in [0.1, 0.15) is 0 Å². The van der Waals surface area contributed by atoms with Crippen molar-refractivity contribution in [3.63, 3.8) is 0 Å². The maximum absolute atomic E-state index is 9.03. The van der Waals surface area contributed by atoms with Crippen LogP contribution in [0.4, 0.5) is 0 Å². The summed E-state index contributed by atoms with van der Waals surface area (Å²) in [6.07, 6.45) is 9.15. The summed E-state index contributed by atoms with van der Waals surface area (Å²) in [6, 6.07) is 2.19. The average molecular weight is 402 g/mol. The molecule has 158 valence electrons. The van der Waals surface area contributed by atoms with E-state index in [4.69, 9.17) is 16.7 Å². The normalized spacial score (nSPS) is 21.2. The lowest BCUT2D eigenvalue weighted by Crippen LogP contribution is -2.10. The monoisotopic (exact) mass is 401 g/mol. The highest BCUT2D eigenvalue weighted by atomic mass is 14.8. The molecule has 0 amide bonds. The van der Waals surface area contributed by atoms with E-state index in [9.17, 15) is 0 Å². The standard InChI is InChI=1S/C27H35N3/c1-15(9-16(2)14-28)10-23-12-25(19(5)18(23)4)20(6)21(7)27-17(3)11-24(22(27)8)13-26(29)30/h9-11,13,22H,12,29-30H2,1-8H3/b15-10+,16-9-,21-20+. The summed E-state index contributed by atoms with van der Waals surface area (Å²) >= 11 is 0. The Morgan fingerprint density at radius 2 is 1.67 bits per heavy atom. The Hall–Kier alpha value is -2.99. The van der Waals surface area contributed by atoms with Crippen LogP contribution in [0.2, 0.25) is 0 Å². The first-order valence-corrected chi connectivity index (χ1v) is 10.5. The van der Waals surface area contributed by atoms with Crippen LogP contribution in [0.25, 0.3) is 0 Å². The highest BCUT2D eigenvalue weighted by molar-refractivity contribution is 5.61. The Bertz CT molecular complexity index is 1050. The van der Waals surface area contributed by atoms with Crippen LogP contribution in [0.5, 0.6) is 0 Å². The number of rotatable bonds is 5. The van der Waals surface area contributed by atoms with Gasteiger partial charge >= 0.3 is 0 Å². The zero-order chi connectivity index (χ0) is 22.7. The summed E-state index contributed by atoms with van der Waals surface area (Å²) in [6.45, 7) is 17.2. The fourth-order valence-corrected chi connectivity index (χ4v) is 4.56. The van der Waals surface area contributed by atoms with E-state index >= 15 is 0 Å². The molecule has 0 radical (unpaired) electrons. The molecule has 1 unspecified atom stereocenters. The van der Waals surface area contributed by atoms with Crippen LogP contribution >= 0.6 is 0 Å². The van der Waals surface area contributed by atoms with Crippen molar-refractivity contribution in [1.82, 2.24) is 0 Å². The molecular formula is C27H35N3.